The minimum absolute atomic E-state index is 0.00317. The van der Waals surface area contributed by atoms with Crippen LogP contribution in [0.5, 0.6) is 11.5 Å². The maximum Gasteiger partial charge on any atom is 0.514 e. The van der Waals surface area contributed by atoms with Crippen molar-refractivity contribution >= 4 is 24.2 Å². The number of hydrogen-bond donors (Lipinski definition) is 1. The highest BCUT2D eigenvalue weighted by molar-refractivity contribution is 5.76. The Hall–Kier alpha value is -3.34. The van der Waals surface area contributed by atoms with Gasteiger partial charge in [-0.25, -0.2) is 9.59 Å². The average Bonchev–Trinajstić information content (AvgIpc) is 2.83. The van der Waals surface area contributed by atoms with Gasteiger partial charge in [-0.3, -0.25) is 9.59 Å². The molecule has 0 saturated heterocycles. The van der Waals surface area contributed by atoms with Gasteiger partial charge >= 0.3 is 24.2 Å². The van der Waals surface area contributed by atoms with Crippen LogP contribution in [0.15, 0.2) is 18.2 Å². The lowest BCUT2D eigenvalue weighted by molar-refractivity contribution is -0.167. The van der Waals surface area contributed by atoms with E-state index in [1.54, 1.807) is 47.6 Å². The summed E-state index contributed by atoms with van der Waals surface area (Å²) in [6.45, 7) is 19.6. The minimum atomic E-state index is -1.09. The molecule has 0 aliphatic carbocycles. The first-order valence-electron chi connectivity index (χ1n) is 14.3. The van der Waals surface area contributed by atoms with Crippen molar-refractivity contribution in [2.45, 2.75) is 131 Å². The lowest BCUT2D eigenvalue weighted by atomic mass is 9.92. The van der Waals surface area contributed by atoms with Crippen molar-refractivity contribution in [1.82, 2.24) is 0 Å². The van der Waals surface area contributed by atoms with Gasteiger partial charge < -0.3 is 34.2 Å². The van der Waals surface area contributed by atoms with E-state index in [-0.39, 0.29) is 35.7 Å². The van der Waals surface area contributed by atoms with Gasteiger partial charge in [-0.05, 0) is 83.9 Å². The van der Waals surface area contributed by atoms with Crippen LogP contribution in [0, 0.1) is 5.41 Å². The van der Waals surface area contributed by atoms with Crippen molar-refractivity contribution in [1.29, 1.82) is 0 Å². The third-order valence-corrected chi connectivity index (χ3v) is 6.53. The molecule has 0 heterocycles. The molecule has 0 saturated carbocycles. The van der Waals surface area contributed by atoms with Crippen LogP contribution >= 0.6 is 0 Å². The molecule has 1 aromatic rings. The lowest BCUT2D eigenvalue weighted by Crippen LogP contribution is -2.39. The number of carbonyl (C=O) groups is 4. The topological polar surface area (TPSA) is 150 Å². The Labute approximate surface area is 249 Å². The smallest absolute Gasteiger partial charge is 0.459 e. The summed E-state index contributed by atoms with van der Waals surface area (Å²) >= 11 is 0. The summed E-state index contributed by atoms with van der Waals surface area (Å²) in [6, 6.07) is 3.29. The summed E-state index contributed by atoms with van der Waals surface area (Å²) in [6.07, 6.45) is -2.09. The molecule has 0 aliphatic rings. The Morgan fingerprint density at radius 2 is 1.24 bits per heavy atom. The second kappa shape index (κ2) is 15.2. The van der Waals surface area contributed by atoms with E-state index in [2.05, 4.69) is 0 Å². The molecule has 2 N–H and O–H groups in total. The Morgan fingerprint density at radius 1 is 0.762 bits per heavy atom. The Kier molecular flexibility index (Phi) is 13.3. The number of esters is 2. The van der Waals surface area contributed by atoms with Crippen molar-refractivity contribution in [3.63, 3.8) is 0 Å². The third kappa shape index (κ3) is 13.5. The SMILES string of the molecule is CCC(C)(C)OC(=O)Oc1ccc(C[C@H](N)C(=O)O[C@@H](C)C(C)OC(=O)CC(C)(C)C)cc1OC(=O)OC(C)(C)CC. The van der Waals surface area contributed by atoms with Gasteiger partial charge in [0.1, 0.15) is 29.5 Å². The van der Waals surface area contributed by atoms with Crippen molar-refractivity contribution in [3.05, 3.63) is 23.8 Å². The molecule has 0 amide bonds. The van der Waals surface area contributed by atoms with Crippen molar-refractivity contribution in [2.24, 2.45) is 11.1 Å². The molecular formula is C31H49NO10. The first-order valence-corrected chi connectivity index (χ1v) is 14.3. The van der Waals surface area contributed by atoms with Gasteiger partial charge in [0.15, 0.2) is 11.5 Å². The first-order chi connectivity index (χ1) is 19.2. The first kappa shape index (κ1) is 36.7. The molecule has 0 aromatic heterocycles. The average molecular weight is 596 g/mol. The molecule has 11 heteroatoms. The Morgan fingerprint density at radius 3 is 1.71 bits per heavy atom. The number of carbonyl (C=O) groups excluding carboxylic acids is 4. The summed E-state index contributed by atoms with van der Waals surface area (Å²) in [5.74, 6) is -1.31. The number of nitrogens with two attached hydrogens (primary N) is 1. The van der Waals surface area contributed by atoms with Crippen LogP contribution in [0.25, 0.3) is 0 Å². The van der Waals surface area contributed by atoms with Crippen molar-refractivity contribution < 1.29 is 47.6 Å². The Balaban J connectivity index is 3.03. The second-order valence-corrected chi connectivity index (χ2v) is 12.8. The molecule has 238 valence electrons. The Bertz CT molecular complexity index is 1090. The van der Waals surface area contributed by atoms with Crippen LogP contribution in [-0.4, -0.2) is 53.7 Å². The van der Waals surface area contributed by atoms with Gasteiger partial charge in [-0.1, -0.05) is 40.7 Å². The van der Waals surface area contributed by atoms with Gasteiger partial charge in [-0.15, -0.1) is 0 Å². The maximum absolute atomic E-state index is 12.7. The molecule has 42 heavy (non-hydrogen) atoms. The fraction of sp³-hybridized carbons (Fsp3) is 0.677. The highest BCUT2D eigenvalue weighted by Crippen LogP contribution is 2.31. The van der Waals surface area contributed by atoms with E-state index in [1.165, 1.54) is 12.1 Å². The molecule has 0 fully saturated rings. The minimum Gasteiger partial charge on any atom is -0.459 e. The standard InChI is InChI=1S/C31H49NO10/c1-12-30(8,9)41-27(35)39-23-15-14-21(17-24(23)40-28(36)42-31(10,11)13-2)16-22(32)26(34)38-20(4)19(3)37-25(33)18-29(5,6)7/h14-15,17,19-20,22H,12-13,16,18,32H2,1-11H3/t19?,20-,22-/m0/s1. The molecule has 0 spiro atoms. The van der Waals surface area contributed by atoms with Crippen LogP contribution in [0.3, 0.4) is 0 Å². The quantitative estimate of drug-likeness (QED) is 0.156. The summed E-state index contributed by atoms with van der Waals surface area (Å²) in [5.41, 5.74) is 4.81. The predicted molar refractivity (Wildman–Crippen MR) is 156 cm³/mol. The van der Waals surface area contributed by atoms with E-state index < -0.39 is 47.7 Å². The molecular weight excluding hydrogens is 546 g/mol. The van der Waals surface area contributed by atoms with Gasteiger partial charge in [-0.2, -0.15) is 0 Å². The fourth-order valence-corrected chi connectivity index (χ4v) is 3.14. The van der Waals surface area contributed by atoms with E-state index in [1.807, 2.05) is 34.6 Å². The fourth-order valence-electron chi connectivity index (χ4n) is 3.14. The zero-order chi connectivity index (χ0) is 32.5. The zero-order valence-corrected chi connectivity index (χ0v) is 27.0. The number of hydrogen-bond acceptors (Lipinski definition) is 11. The summed E-state index contributed by atoms with van der Waals surface area (Å²) in [7, 11) is 0. The molecule has 0 radical (unpaired) electrons. The second-order valence-electron chi connectivity index (χ2n) is 12.8. The summed E-state index contributed by atoms with van der Waals surface area (Å²) < 4.78 is 32.3. The number of benzene rings is 1. The van der Waals surface area contributed by atoms with E-state index >= 15 is 0 Å². The highest BCUT2D eigenvalue weighted by Gasteiger charge is 2.28. The van der Waals surface area contributed by atoms with Crippen LogP contribution < -0.4 is 15.2 Å². The largest absolute Gasteiger partial charge is 0.514 e. The lowest BCUT2D eigenvalue weighted by Gasteiger charge is -2.24. The number of ether oxygens (including phenoxy) is 6. The van der Waals surface area contributed by atoms with Crippen LogP contribution in [0.2, 0.25) is 0 Å². The van der Waals surface area contributed by atoms with Crippen molar-refractivity contribution in [2.75, 3.05) is 0 Å². The van der Waals surface area contributed by atoms with Crippen LogP contribution in [0.4, 0.5) is 9.59 Å². The van der Waals surface area contributed by atoms with E-state index in [0.29, 0.717) is 18.4 Å². The van der Waals surface area contributed by atoms with Gasteiger partial charge in [0.2, 0.25) is 0 Å². The normalized spacial score (nSPS) is 14.2. The molecule has 1 aromatic carbocycles. The maximum atomic E-state index is 12.7. The molecule has 1 rings (SSSR count). The predicted octanol–water partition coefficient (Wildman–Crippen LogP) is 6.26. The van der Waals surface area contributed by atoms with Crippen LogP contribution in [-0.2, 0) is 35.0 Å². The molecule has 1 unspecified atom stereocenters. The monoisotopic (exact) mass is 595 g/mol. The molecule has 0 aliphatic heterocycles. The summed E-state index contributed by atoms with van der Waals surface area (Å²) in [5, 5.41) is 0. The molecule has 0 bridgehead atoms. The third-order valence-electron chi connectivity index (χ3n) is 6.53. The zero-order valence-electron chi connectivity index (χ0n) is 27.0. The molecule has 3 atom stereocenters. The van der Waals surface area contributed by atoms with Crippen molar-refractivity contribution in [3.8, 4) is 11.5 Å². The van der Waals surface area contributed by atoms with E-state index in [0.717, 1.165) is 0 Å². The van der Waals surface area contributed by atoms with E-state index in [4.69, 9.17) is 34.2 Å². The molecule has 11 nitrogen and oxygen atoms in total. The van der Waals surface area contributed by atoms with Gasteiger partial charge in [0.05, 0.1) is 6.42 Å². The van der Waals surface area contributed by atoms with E-state index in [9.17, 15) is 19.2 Å². The highest BCUT2D eigenvalue weighted by atomic mass is 16.8. The van der Waals surface area contributed by atoms with Crippen LogP contribution in [0.1, 0.15) is 101 Å². The number of rotatable bonds is 13. The van der Waals surface area contributed by atoms with Gasteiger partial charge in [0, 0.05) is 0 Å². The summed E-state index contributed by atoms with van der Waals surface area (Å²) in [4.78, 5) is 49.8. The van der Waals surface area contributed by atoms with Gasteiger partial charge in [0.25, 0.3) is 0 Å².